The highest BCUT2D eigenvalue weighted by atomic mass is 16.5. The van der Waals surface area contributed by atoms with Crippen LogP contribution in [0.4, 0.5) is 5.69 Å². The Morgan fingerprint density at radius 1 is 1.07 bits per heavy atom. The van der Waals surface area contributed by atoms with Gasteiger partial charge in [0.1, 0.15) is 18.0 Å². The third-order valence-electron chi connectivity index (χ3n) is 5.69. The number of anilines is 1. The molecule has 1 aliphatic heterocycles. The van der Waals surface area contributed by atoms with Crippen LogP contribution in [0.1, 0.15) is 72.1 Å². The van der Waals surface area contributed by atoms with E-state index in [0.717, 1.165) is 43.7 Å². The molecule has 1 amide bonds. The smallest absolute Gasteiger partial charge is 0.256 e. The first-order valence-electron chi connectivity index (χ1n) is 11.5. The van der Waals surface area contributed by atoms with Crippen LogP contribution in [0.3, 0.4) is 0 Å². The molecule has 1 saturated heterocycles. The average Bonchev–Trinajstić information content (AvgIpc) is 2.98. The summed E-state index contributed by atoms with van der Waals surface area (Å²) in [7, 11) is 0. The van der Waals surface area contributed by atoms with E-state index in [0.29, 0.717) is 13.2 Å². The molecular formula is C24H40N2O3. The fourth-order valence-electron chi connectivity index (χ4n) is 3.83. The maximum atomic E-state index is 12.8. The molecule has 0 saturated carbocycles. The lowest BCUT2D eigenvalue weighted by Gasteiger charge is -2.28. The molecular weight excluding hydrogens is 364 g/mol. The summed E-state index contributed by atoms with van der Waals surface area (Å²) in [5.41, 5.74) is -0.0111. The zero-order chi connectivity index (χ0) is 21.0. The van der Waals surface area contributed by atoms with Gasteiger partial charge in [-0.15, -0.1) is 0 Å². The number of nitrogens with zero attached hydrogens (tertiary/aromatic N) is 1. The van der Waals surface area contributed by atoms with Crippen molar-refractivity contribution in [2.24, 2.45) is 0 Å². The van der Waals surface area contributed by atoms with Gasteiger partial charge in [0.15, 0.2) is 0 Å². The van der Waals surface area contributed by atoms with E-state index in [4.69, 9.17) is 9.47 Å². The first kappa shape index (κ1) is 23.7. The molecule has 0 bridgehead atoms. The summed E-state index contributed by atoms with van der Waals surface area (Å²) in [4.78, 5) is 15.3. The molecule has 0 unspecified atom stereocenters. The molecule has 29 heavy (non-hydrogen) atoms. The second-order valence-corrected chi connectivity index (χ2v) is 8.20. The Bertz CT molecular complexity index is 582. The number of ether oxygens (including phenoxy) is 2. The number of rotatable bonds is 12. The molecule has 1 aromatic rings. The lowest BCUT2D eigenvalue weighted by molar-refractivity contribution is -0.139. The summed E-state index contributed by atoms with van der Waals surface area (Å²) < 4.78 is 11.7. The Kier molecular flexibility index (Phi) is 10.5. The number of hydrogen-bond acceptors (Lipinski definition) is 4. The van der Waals surface area contributed by atoms with Gasteiger partial charge in [-0.2, -0.15) is 0 Å². The van der Waals surface area contributed by atoms with E-state index in [1.807, 2.05) is 38.1 Å². The summed E-state index contributed by atoms with van der Waals surface area (Å²) in [5.74, 6) is 0.763. The van der Waals surface area contributed by atoms with Crippen molar-refractivity contribution < 1.29 is 14.3 Å². The van der Waals surface area contributed by atoms with Crippen LogP contribution in [0.25, 0.3) is 0 Å². The fraction of sp³-hybridized carbons (Fsp3) is 0.708. The SMILES string of the molecule is CCCCC[C@@](C)(OCC)C(=O)Nc1ccc(OCCN2CCCCCC2)cc1. The molecule has 0 aliphatic carbocycles. The second kappa shape index (κ2) is 12.9. The van der Waals surface area contributed by atoms with Gasteiger partial charge >= 0.3 is 0 Å². The Hall–Kier alpha value is -1.59. The predicted molar refractivity (Wildman–Crippen MR) is 120 cm³/mol. The third kappa shape index (κ3) is 8.35. The van der Waals surface area contributed by atoms with E-state index in [2.05, 4.69) is 17.1 Å². The maximum absolute atomic E-state index is 12.8. The summed E-state index contributed by atoms with van der Waals surface area (Å²) in [6.45, 7) is 10.6. The van der Waals surface area contributed by atoms with Gasteiger partial charge in [-0.1, -0.05) is 39.0 Å². The van der Waals surface area contributed by atoms with E-state index in [1.165, 1.54) is 38.8 Å². The van der Waals surface area contributed by atoms with Gasteiger partial charge in [0, 0.05) is 18.8 Å². The molecule has 1 heterocycles. The highest BCUT2D eigenvalue weighted by Gasteiger charge is 2.33. The Balaban J connectivity index is 1.81. The molecule has 0 spiro atoms. The van der Waals surface area contributed by atoms with E-state index < -0.39 is 5.60 Å². The van der Waals surface area contributed by atoms with Crippen LogP contribution in [0.15, 0.2) is 24.3 Å². The van der Waals surface area contributed by atoms with Gasteiger partial charge in [0.05, 0.1) is 0 Å². The highest BCUT2D eigenvalue weighted by Crippen LogP contribution is 2.23. The molecule has 1 aliphatic rings. The zero-order valence-electron chi connectivity index (χ0n) is 18.7. The third-order valence-corrected chi connectivity index (χ3v) is 5.69. The monoisotopic (exact) mass is 404 g/mol. The van der Waals surface area contributed by atoms with Crippen LogP contribution in [0, 0.1) is 0 Å². The van der Waals surface area contributed by atoms with Crippen LogP contribution in [0.5, 0.6) is 5.75 Å². The summed E-state index contributed by atoms with van der Waals surface area (Å²) in [5, 5.41) is 3.01. The van der Waals surface area contributed by atoms with Crippen molar-refractivity contribution in [3.63, 3.8) is 0 Å². The number of nitrogens with one attached hydrogen (secondary N) is 1. The summed E-state index contributed by atoms with van der Waals surface area (Å²) >= 11 is 0. The van der Waals surface area contributed by atoms with Gasteiger partial charge in [-0.25, -0.2) is 0 Å². The van der Waals surface area contributed by atoms with Gasteiger partial charge in [0.2, 0.25) is 0 Å². The van der Waals surface area contributed by atoms with Crippen molar-refractivity contribution in [1.82, 2.24) is 4.90 Å². The molecule has 5 heteroatoms. The topological polar surface area (TPSA) is 50.8 Å². The molecule has 0 radical (unpaired) electrons. The number of amides is 1. The van der Waals surface area contributed by atoms with Crippen LogP contribution in [0.2, 0.25) is 0 Å². The van der Waals surface area contributed by atoms with Crippen LogP contribution in [-0.2, 0) is 9.53 Å². The normalized spacial score (nSPS) is 17.3. The lowest BCUT2D eigenvalue weighted by Crippen LogP contribution is -2.42. The average molecular weight is 405 g/mol. The van der Waals surface area contributed by atoms with E-state index >= 15 is 0 Å². The quantitative estimate of drug-likeness (QED) is 0.483. The van der Waals surface area contributed by atoms with Gasteiger partial charge in [-0.05, 0) is 70.5 Å². The second-order valence-electron chi connectivity index (χ2n) is 8.20. The first-order chi connectivity index (χ1) is 14.1. The summed E-state index contributed by atoms with van der Waals surface area (Å²) in [6, 6.07) is 7.65. The molecule has 2 rings (SSSR count). The predicted octanol–water partition coefficient (Wildman–Crippen LogP) is 5.26. The van der Waals surface area contributed by atoms with E-state index in [9.17, 15) is 4.79 Å². The molecule has 5 nitrogen and oxygen atoms in total. The number of likely N-dealkylation sites (tertiary alicyclic amines) is 1. The molecule has 0 aromatic heterocycles. The van der Waals surface area contributed by atoms with Crippen LogP contribution < -0.4 is 10.1 Å². The number of unbranched alkanes of at least 4 members (excludes halogenated alkanes) is 2. The fourth-order valence-corrected chi connectivity index (χ4v) is 3.83. The van der Waals surface area contributed by atoms with Gasteiger partial charge in [0.25, 0.3) is 5.91 Å². The molecule has 1 atom stereocenters. The molecule has 1 fully saturated rings. The van der Waals surface area contributed by atoms with Crippen molar-refractivity contribution in [2.75, 3.05) is 38.2 Å². The van der Waals surface area contributed by atoms with Crippen LogP contribution >= 0.6 is 0 Å². The number of hydrogen-bond donors (Lipinski definition) is 1. The van der Waals surface area contributed by atoms with Gasteiger partial charge < -0.3 is 14.8 Å². The Labute approximate surface area is 177 Å². The highest BCUT2D eigenvalue weighted by molar-refractivity contribution is 5.97. The van der Waals surface area contributed by atoms with Crippen molar-refractivity contribution >= 4 is 11.6 Å². The number of benzene rings is 1. The van der Waals surface area contributed by atoms with Crippen molar-refractivity contribution in [1.29, 1.82) is 0 Å². The lowest BCUT2D eigenvalue weighted by atomic mass is 9.96. The Morgan fingerprint density at radius 3 is 2.38 bits per heavy atom. The summed E-state index contributed by atoms with van der Waals surface area (Å²) in [6.07, 6.45) is 9.27. The molecule has 1 N–H and O–H groups in total. The minimum absolute atomic E-state index is 0.0784. The molecule has 164 valence electrons. The Morgan fingerprint density at radius 2 is 1.76 bits per heavy atom. The van der Waals surface area contributed by atoms with Crippen LogP contribution in [-0.4, -0.2) is 49.3 Å². The minimum Gasteiger partial charge on any atom is -0.492 e. The maximum Gasteiger partial charge on any atom is 0.256 e. The van der Waals surface area contributed by atoms with Crippen molar-refractivity contribution in [2.45, 2.75) is 77.7 Å². The van der Waals surface area contributed by atoms with Gasteiger partial charge in [-0.3, -0.25) is 9.69 Å². The van der Waals surface area contributed by atoms with E-state index in [-0.39, 0.29) is 5.91 Å². The van der Waals surface area contributed by atoms with E-state index in [1.54, 1.807) is 0 Å². The van der Waals surface area contributed by atoms with Crippen molar-refractivity contribution in [3.8, 4) is 5.75 Å². The van der Waals surface area contributed by atoms with Crippen molar-refractivity contribution in [3.05, 3.63) is 24.3 Å². The first-order valence-corrected chi connectivity index (χ1v) is 11.5. The molecule has 1 aromatic carbocycles. The number of carbonyl (C=O) groups excluding carboxylic acids is 1. The minimum atomic E-state index is -0.785. The zero-order valence-corrected chi connectivity index (χ0v) is 18.7. The standard InChI is InChI=1S/C24H40N2O3/c1-4-6-9-16-24(3,29-5-2)23(27)25-21-12-14-22(15-13-21)28-20-19-26-17-10-7-8-11-18-26/h12-15H,4-11,16-20H2,1-3H3,(H,25,27)/t24-/m1/s1. The number of carbonyl (C=O) groups is 1. The largest absolute Gasteiger partial charge is 0.492 e.